The number of hydrogen-bond donors (Lipinski definition) is 2. The van der Waals surface area contributed by atoms with Crippen LogP contribution in [0, 0.1) is 0 Å². The number of pyridine rings is 1. The number of phenolic OH excluding ortho intramolecular Hbond substituents is 1. The quantitative estimate of drug-likeness (QED) is 0.421. The molecule has 6 nitrogen and oxygen atoms in total. The molecule has 0 saturated heterocycles. The van der Waals surface area contributed by atoms with Gasteiger partial charge in [-0.2, -0.15) is 0 Å². The van der Waals surface area contributed by atoms with Gasteiger partial charge in [-0.05, 0) is 29.8 Å². The minimum Gasteiger partial charge on any atom is -0.507 e. The summed E-state index contributed by atoms with van der Waals surface area (Å²) in [7, 11) is 0. The van der Waals surface area contributed by atoms with Crippen LogP contribution >= 0.6 is 0 Å². The summed E-state index contributed by atoms with van der Waals surface area (Å²) < 4.78 is 5.66. The first kappa shape index (κ1) is 16.5. The number of aromatic hydroxyl groups is 1. The zero-order chi connectivity index (χ0) is 18.6. The Bertz CT molecular complexity index is 1100. The lowest BCUT2D eigenvalue weighted by molar-refractivity contribution is -0.111. The number of nitrogens with zero attached hydrogens (tertiary/aromatic N) is 2. The third-order valence-electron chi connectivity index (χ3n) is 3.91. The zero-order valence-electron chi connectivity index (χ0n) is 14.2. The van der Waals surface area contributed by atoms with Crippen molar-refractivity contribution >= 4 is 28.8 Å². The van der Waals surface area contributed by atoms with E-state index in [1.165, 1.54) is 12.1 Å². The van der Waals surface area contributed by atoms with Gasteiger partial charge in [-0.15, -0.1) is 0 Å². The molecule has 6 heteroatoms. The van der Waals surface area contributed by atoms with Crippen LogP contribution in [-0.4, -0.2) is 21.0 Å². The van der Waals surface area contributed by atoms with E-state index in [1.54, 1.807) is 36.7 Å². The van der Waals surface area contributed by atoms with E-state index in [1.807, 2.05) is 30.3 Å². The number of anilines is 1. The number of benzene rings is 2. The van der Waals surface area contributed by atoms with Crippen molar-refractivity contribution in [1.82, 2.24) is 9.97 Å². The van der Waals surface area contributed by atoms with Gasteiger partial charge in [-0.1, -0.05) is 30.3 Å². The molecule has 1 amide bonds. The molecule has 4 rings (SSSR count). The van der Waals surface area contributed by atoms with Crippen molar-refractivity contribution < 1.29 is 14.3 Å². The summed E-state index contributed by atoms with van der Waals surface area (Å²) in [5.74, 6) is -0.0176. The van der Waals surface area contributed by atoms with Crippen LogP contribution in [0.15, 0.2) is 77.5 Å². The minimum atomic E-state index is -0.280. The van der Waals surface area contributed by atoms with Crippen molar-refractivity contribution in [3.63, 3.8) is 0 Å². The van der Waals surface area contributed by atoms with Gasteiger partial charge in [0.2, 0.25) is 11.8 Å². The molecule has 4 aromatic rings. The highest BCUT2D eigenvalue weighted by atomic mass is 16.3. The van der Waals surface area contributed by atoms with E-state index >= 15 is 0 Å². The van der Waals surface area contributed by atoms with Crippen LogP contribution in [0.2, 0.25) is 0 Å². The molecule has 0 radical (unpaired) electrons. The maximum absolute atomic E-state index is 12.2. The van der Waals surface area contributed by atoms with E-state index in [-0.39, 0.29) is 17.5 Å². The standard InChI is InChI=1S/C21H15N3O3/c25-18-8-7-15(23-20(26)9-6-14-4-2-1-3-5-14)12-16(18)21-24-17-13-22-11-10-19(17)27-21/h1-13,25H,(H,23,26)/b9-6+. The maximum Gasteiger partial charge on any atom is 0.248 e. The molecule has 2 heterocycles. The lowest BCUT2D eigenvalue weighted by atomic mass is 10.1. The van der Waals surface area contributed by atoms with E-state index < -0.39 is 0 Å². The van der Waals surface area contributed by atoms with Crippen LogP contribution in [0.25, 0.3) is 28.6 Å². The Morgan fingerprint density at radius 1 is 1.11 bits per heavy atom. The largest absolute Gasteiger partial charge is 0.507 e. The summed E-state index contributed by atoms with van der Waals surface area (Å²) in [4.78, 5) is 20.5. The SMILES string of the molecule is O=C(/C=C/c1ccccc1)Nc1ccc(O)c(-c2nc3cnccc3o2)c1. The van der Waals surface area contributed by atoms with E-state index in [0.29, 0.717) is 22.4 Å². The van der Waals surface area contributed by atoms with Crippen molar-refractivity contribution in [2.75, 3.05) is 5.32 Å². The molecule has 27 heavy (non-hydrogen) atoms. The van der Waals surface area contributed by atoms with Gasteiger partial charge < -0.3 is 14.8 Å². The molecule has 0 unspecified atom stereocenters. The molecular formula is C21H15N3O3. The number of aromatic nitrogens is 2. The molecule has 0 aliphatic carbocycles. The van der Waals surface area contributed by atoms with Crippen molar-refractivity contribution in [3.05, 3.63) is 78.6 Å². The van der Waals surface area contributed by atoms with E-state index in [9.17, 15) is 9.90 Å². The number of carbonyl (C=O) groups is 1. The van der Waals surface area contributed by atoms with Crippen LogP contribution < -0.4 is 5.32 Å². The second-order valence-electron chi connectivity index (χ2n) is 5.83. The molecule has 2 aromatic heterocycles. The Morgan fingerprint density at radius 3 is 2.78 bits per heavy atom. The van der Waals surface area contributed by atoms with Gasteiger partial charge in [0.25, 0.3) is 0 Å². The van der Waals surface area contributed by atoms with Crippen LogP contribution in [0.5, 0.6) is 5.75 Å². The summed E-state index contributed by atoms with van der Waals surface area (Å²) >= 11 is 0. The minimum absolute atomic E-state index is 0.00680. The van der Waals surface area contributed by atoms with Gasteiger partial charge in [0, 0.05) is 24.0 Å². The van der Waals surface area contributed by atoms with Crippen LogP contribution in [0.1, 0.15) is 5.56 Å². The van der Waals surface area contributed by atoms with Gasteiger partial charge in [0.15, 0.2) is 5.58 Å². The molecule has 2 N–H and O–H groups in total. The normalized spacial score (nSPS) is 11.1. The molecule has 0 saturated carbocycles. The Morgan fingerprint density at radius 2 is 1.96 bits per heavy atom. The van der Waals surface area contributed by atoms with Crippen LogP contribution in [-0.2, 0) is 4.79 Å². The molecule has 0 fully saturated rings. The third kappa shape index (κ3) is 3.69. The fraction of sp³-hybridized carbons (Fsp3) is 0. The first-order valence-electron chi connectivity index (χ1n) is 8.27. The van der Waals surface area contributed by atoms with Gasteiger partial charge >= 0.3 is 0 Å². The van der Waals surface area contributed by atoms with E-state index in [4.69, 9.17) is 4.42 Å². The van der Waals surface area contributed by atoms with Crippen molar-refractivity contribution in [2.24, 2.45) is 0 Å². The van der Waals surface area contributed by atoms with Crippen molar-refractivity contribution in [2.45, 2.75) is 0 Å². The van der Waals surface area contributed by atoms with E-state index in [0.717, 1.165) is 5.56 Å². The number of amides is 1. The average Bonchev–Trinajstić information content (AvgIpc) is 3.13. The monoisotopic (exact) mass is 357 g/mol. The van der Waals surface area contributed by atoms with Crippen LogP contribution in [0.4, 0.5) is 5.69 Å². The maximum atomic E-state index is 12.2. The highest BCUT2D eigenvalue weighted by Crippen LogP contribution is 2.33. The van der Waals surface area contributed by atoms with Gasteiger partial charge in [0.05, 0.1) is 11.8 Å². The molecular weight excluding hydrogens is 342 g/mol. The summed E-state index contributed by atoms with van der Waals surface area (Å²) in [6.07, 6.45) is 6.36. The predicted molar refractivity (Wildman–Crippen MR) is 103 cm³/mol. The van der Waals surface area contributed by atoms with Crippen LogP contribution in [0.3, 0.4) is 0 Å². The number of phenols is 1. The smallest absolute Gasteiger partial charge is 0.248 e. The van der Waals surface area contributed by atoms with E-state index in [2.05, 4.69) is 15.3 Å². The Kier molecular flexibility index (Phi) is 4.37. The molecule has 132 valence electrons. The lowest BCUT2D eigenvalue weighted by Crippen LogP contribution is -2.07. The number of carbonyl (C=O) groups excluding carboxylic acids is 1. The predicted octanol–water partition coefficient (Wildman–Crippen LogP) is 4.25. The molecule has 0 bridgehead atoms. The Balaban J connectivity index is 1.57. The number of nitrogens with one attached hydrogen (secondary N) is 1. The Labute approximate surface area is 154 Å². The lowest BCUT2D eigenvalue weighted by Gasteiger charge is -2.06. The average molecular weight is 357 g/mol. The molecule has 2 aromatic carbocycles. The summed E-state index contributed by atoms with van der Waals surface area (Å²) in [6.45, 7) is 0. The number of oxazole rings is 1. The highest BCUT2D eigenvalue weighted by Gasteiger charge is 2.13. The van der Waals surface area contributed by atoms with Crippen molar-refractivity contribution in [1.29, 1.82) is 0 Å². The molecule has 0 aliphatic heterocycles. The number of fused-ring (bicyclic) bond motifs is 1. The summed E-state index contributed by atoms with van der Waals surface area (Å²) in [6, 6.07) is 15.9. The summed E-state index contributed by atoms with van der Waals surface area (Å²) in [5, 5.41) is 12.9. The molecule has 0 spiro atoms. The number of rotatable bonds is 4. The second-order valence-corrected chi connectivity index (χ2v) is 5.83. The Hall–Kier alpha value is -3.93. The topological polar surface area (TPSA) is 88.2 Å². The summed E-state index contributed by atoms with van der Waals surface area (Å²) in [5.41, 5.74) is 2.99. The number of hydrogen-bond acceptors (Lipinski definition) is 5. The molecule has 0 atom stereocenters. The van der Waals surface area contributed by atoms with Crippen molar-refractivity contribution in [3.8, 4) is 17.2 Å². The second kappa shape index (κ2) is 7.13. The fourth-order valence-electron chi connectivity index (χ4n) is 2.60. The van der Waals surface area contributed by atoms with Gasteiger partial charge in [0.1, 0.15) is 11.3 Å². The van der Waals surface area contributed by atoms with Gasteiger partial charge in [-0.3, -0.25) is 9.78 Å². The third-order valence-corrected chi connectivity index (χ3v) is 3.91. The fourth-order valence-corrected chi connectivity index (χ4v) is 2.60. The first-order chi connectivity index (χ1) is 13.2. The highest BCUT2D eigenvalue weighted by molar-refractivity contribution is 6.02. The van der Waals surface area contributed by atoms with Gasteiger partial charge in [-0.25, -0.2) is 4.98 Å². The zero-order valence-corrected chi connectivity index (χ0v) is 14.2. The molecule has 0 aliphatic rings. The first-order valence-corrected chi connectivity index (χ1v) is 8.27.